The van der Waals surface area contributed by atoms with Crippen LogP contribution in [0.4, 0.5) is 0 Å². The van der Waals surface area contributed by atoms with Gasteiger partial charge in [-0.15, -0.1) is 0 Å². The molecule has 0 aliphatic heterocycles. The molecule has 1 atom stereocenters. The number of H-pyrrole nitrogens is 1. The van der Waals surface area contributed by atoms with Gasteiger partial charge in [-0.25, -0.2) is 0 Å². The first-order chi connectivity index (χ1) is 9.11. The van der Waals surface area contributed by atoms with E-state index in [9.17, 15) is 4.79 Å². The van der Waals surface area contributed by atoms with E-state index in [2.05, 4.69) is 10.3 Å². The maximum Gasteiger partial charge on any atom is 0.224 e. The summed E-state index contributed by atoms with van der Waals surface area (Å²) in [7, 11) is 0. The number of aliphatic hydroxyl groups is 1. The summed E-state index contributed by atoms with van der Waals surface area (Å²) in [5.41, 5.74) is 3.14. The maximum absolute atomic E-state index is 11.9. The molecule has 19 heavy (non-hydrogen) atoms. The molecule has 102 valence electrons. The summed E-state index contributed by atoms with van der Waals surface area (Å²) in [6.45, 7) is 4.49. The van der Waals surface area contributed by atoms with Gasteiger partial charge >= 0.3 is 0 Å². The van der Waals surface area contributed by atoms with E-state index in [-0.39, 0.29) is 18.4 Å². The van der Waals surface area contributed by atoms with Crippen molar-refractivity contribution >= 4 is 16.8 Å². The van der Waals surface area contributed by atoms with E-state index >= 15 is 0 Å². The summed E-state index contributed by atoms with van der Waals surface area (Å²) in [4.78, 5) is 15.2. The van der Waals surface area contributed by atoms with Crippen LogP contribution in [0.1, 0.15) is 18.2 Å². The number of benzene rings is 1. The van der Waals surface area contributed by atoms with Crippen LogP contribution in [-0.4, -0.2) is 29.1 Å². The number of rotatable bonds is 5. The highest BCUT2D eigenvalue weighted by molar-refractivity contribution is 5.90. The van der Waals surface area contributed by atoms with E-state index in [0.717, 1.165) is 22.2 Å². The molecule has 0 aliphatic rings. The lowest BCUT2D eigenvalue weighted by atomic mass is 10.1. The van der Waals surface area contributed by atoms with Gasteiger partial charge in [-0.1, -0.05) is 25.1 Å². The summed E-state index contributed by atoms with van der Waals surface area (Å²) in [5, 5.41) is 12.9. The predicted octanol–water partition coefficient (Wildman–Crippen LogP) is 1.76. The normalized spacial score (nSPS) is 12.6. The molecule has 0 radical (unpaired) electrons. The zero-order valence-corrected chi connectivity index (χ0v) is 11.4. The van der Waals surface area contributed by atoms with Gasteiger partial charge in [0.25, 0.3) is 0 Å². The van der Waals surface area contributed by atoms with Gasteiger partial charge in [0.2, 0.25) is 5.91 Å². The number of carbonyl (C=O) groups excluding carboxylic acids is 1. The maximum atomic E-state index is 11.9. The molecule has 0 saturated heterocycles. The van der Waals surface area contributed by atoms with Crippen LogP contribution in [0.5, 0.6) is 0 Å². The molecular weight excluding hydrogens is 240 g/mol. The Balaban J connectivity index is 2.08. The molecule has 1 aromatic carbocycles. The van der Waals surface area contributed by atoms with Gasteiger partial charge in [0, 0.05) is 29.7 Å². The number of hydrogen-bond acceptors (Lipinski definition) is 2. The Hall–Kier alpha value is -1.81. The summed E-state index contributed by atoms with van der Waals surface area (Å²) in [6.07, 6.45) is 0.369. The van der Waals surface area contributed by atoms with Crippen LogP contribution in [-0.2, 0) is 11.2 Å². The fourth-order valence-corrected chi connectivity index (χ4v) is 2.14. The van der Waals surface area contributed by atoms with E-state index in [1.54, 1.807) is 0 Å². The number of aliphatic hydroxyl groups excluding tert-OH is 1. The average molecular weight is 260 g/mol. The smallest absolute Gasteiger partial charge is 0.224 e. The average Bonchev–Trinajstić information content (AvgIpc) is 2.72. The van der Waals surface area contributed by atoms with Crippen LogP contribution in [0.2, 0.25) is 0 Å². The Kier molecular flexibility index (Phi) is 4.22. The quantitative estimate of drug-likeness (QED) is 0.767. The molecular formula is C15H20N2O2. The molecule has 4 nitrogen and oxygen atoms in total. The third-order valence-corrected chi connectivity index (χ3v) is 3.32. The summed E-state index contributed by atoms with van der Waals surface area (Å²) in [5.74, 6) is 0.0844. The Morgan fingerprint density at radius 3 is 2.89 bits per heavy atom. The Morgan fingerprint density at radius 1 is 1.42 bits per heavy atom. The first-order valence-electron chi connectivity index (χ1n) is 6.55. The number of carbonyl (C=O) groups is 1. The molecule has 3 N–H and O–H groups in total. The van der Waals surface area contributed by atoms with Crippen molar-refractivity contribution in [1.82, 2.24) is 10.3 Å². The molecule has 0 saturated carbocycles. The SMILES string of the molecule is Cc1[nH]c2ccccc2c1CC(=O)NCC(C)CO. The highest BCUT2D eigenvalue weighted by atomic mass is 16.3. The van der Waals surface area contributed by atoms with Crippen LogP contribution in [0, 0.1) is 12.8 Å². The van der Waals surface area contributed by atoms with Gasteiger partial charge in [0.1, 0.15) is 0 Å². The zero-order chi connectivity index (χ0) is 13.8. The molecule has 2 aromatic rings. The molecule has 0 spiro atoms. The number of aryl methyl sites for hydroxylation is 1. The van der Waals surface area contributed by atoms with E-state index in [0.29, 0.717) is 13.0 Å². The molecule has 0 aliphatic carbocycles. The van der Waals surface area contributed by atoms with Crippen LogP contribution in [0.3, 0.4) is 0 Å². The van der Waals surface area contributed by atoms with Gasteiger partial charge < -0.3 is 15.4 Å². The monoisotopic (exact) mass is 260 g/mol. The predicted molar refractivity (Wildman–Crippen MR) is 76.0 cm³/mol. The second kappa shape index (κ2) is 5.89. The number of aromatic amines is 1. The van der Waals surface area contributed by atoms with Crippen molar-refractivity contribution in [3.8, 4) is 0 Å². The Labute approximate surface area is 112 Å². The van der Waals surface area contributed by atoms with Crippen LogP contribution >= 0.6 is 0 Å². The van der Waals surface area contributed by atoms with Crippen LogP contribution in [0.25, 0.3) is 10.9 Å². The minimum Gasteiger partial charge on any atom is -0.396 e. The van der Waals surface area contributed by atoms with Crippen molar-refractivity contribution in [2.24, 2.45) is 5.92 Å². The molecule has 1 aromatic heterocycles. The van der Waals surface area contributed by atoms with Crippen LogP contribution < -0.4 is 5.32 Å². The number of nitrogens with one attached hydrogen (secondary N) is 2. The minimum absolute atomic E-state index is 0.00634. The first-order valence-corrected chi connectivity index (χ1v) is 6.55. The second-order valence-electron chi connectivity index (χ2n) is 5.04. The number of para-hydroxylation sites is 1. The topological polar surface area (TPSA) is 65.1 Å². The fraction of sp³-hybridized carbons (Fsp3) is 0.400. The number of aromatic nitrogens is 1. The summed E-state index contributed by atoms with van der Waals surface area (Å²) < 4.78 is 0. The lowest BCUT2D eigenvalue weighted by Gasteiger charge is -2.09. The highest BCUT2D eigenvalue weighted by Crippen LogP contribution is 2.22. The number of hydrogen-bond donors (Lipinski definition) is 3. The van der Waals surface area contributed by atoms with Crippen molar-refractivity contribution in [3.63, 3.8) is 0 Å². The zero-order valence-electron chi connectivity index (χ0n) is 11.4. The lowest BCUT2D eigenvalue weighted by molar-refractivity contribution is -0.120. The van der Waals surface area contributed by atoms with Gasteiger partial charge in [0.15, 0.2) is 0 Å². The van der Waals surface area contributed by atoms with Crippen LogP contribution in [0.15, 0.2) is 24.3 Å². The number of fused-ring (bicyclic) bond motifs is 1. The Morgan fingerprint density at radius 2 is 2.16 bits per heavy atom. The van der Waals surface area contributed by atoms with Gasteiger partial charge in [-0.2, -0.15) is 0 Å². The van der Waals surface area contributed by atoms with Crippen molar-refractivity contribution in [2.75, 3.05) is 13.2 Å². The Bertz CT molecular complexity index is 575. The highest BCUT2D eigenvalue weighted by Gasteiger charge is 2.12. The minimum atomic E-state index is -0.00634. The molecule has 1 amide bonds. The van der Waals surface area contributed by atoms with Crippen molar-refractivity contribution in [1.29, 1.82) is 0 Å². The van der Waals surface area contributed by atoms with E-state index in [1.807, 2.05) is 38.1 Å². The number of amides is 1. The van der Waals surface area contributed by atoms with Gasteiger partial charge in [0.05, 0.1) is 6.42 Å². The second-order valence-corrected chi connectivity index (χ2v) is 5.04. The molecule has 1 heterocycles. The summed E-state index contributed by atoms with van der Waals surface area (Å²) in [6, 6.07) is 7.99. The summed E-state index contributed by atoms with van der Waals surface area (Å²) >= 11 is 0. The van der Waals surface area contributed by atoms with Gasteiger partial charge in [-0.05, 0) is 24.5 Å². The third kappa shape index (κ3) is 3.15. The van der Waals surface area contributed by atoms with Crippen molar-refractivity contribution in [2.45, 2.75) is 20.3 Å². The standard InChI is InChI=1S/C15H20N2O2/c1-10(9-18)8-16-15(19)7-13-11(2)17-14-6-4-3-5-12(13)14/h3-6,10,17-18H,7-9H2,1-2H3,(H,16,19). The van der Waals surface area contributed by atoms with E-state index in [4.69, 9.17) is 5.11 Å². The molecule has 1 unspecified atom stereocenters. The fourth-order valence-electron chi connectivity index (χ4n) is 2.14. The molecule has 4 heteroatoms. The van der Waals surface area contributed by atoms with Crippen molar-refractivity contribution in [3.05, 3.63) is 35.5 Å². The molecule has 0 bridgehead atoms. The van der Waals surface area contributed by atoms with E-state index in [1.165, 1.54) is 0 Å². The lowest BCUT2D eigenvalue weighted by Crippen LogP contribution is -2.30. The first kappa shape index (κ1) is 13.6. The van der Waals surface area contributed by atoms with Crippen molar-refractivity contribution < 1.29 is 9.90 Å². The third-order valence-electron chi connectivity index (χ3n) is 3.32. The largest absolute Gasteiger partial charge is 0.396 e. The molecule has 0 fully saturated rings. The van der Waals surface area contributed by atoms with E-state index < -0.39 is 0 Å². The molecule has 2 rings (SSSR count). The van der Waals surface area contributed by atoms with Gasteiger partial charge in [-0.3, -0.25) is 4.79 Å².